The Labute approximate surface area is 239 Å². The molecule has 4 aromatic rings. The lowest BCUT2D eigenvalue weighted by atomic mass is 9.98. The van der Waals surface area contributed by atoms with Crippen molar-refractivity contribution in [1.82, 2.24) is 4.98 Å². The van der Waals surface area contributed by atoms with Gasteiger partial charge in [0.15, 0.2) is 11.6 Å². The predicted octanol–water partition coefficient (Wildman–Crippen LogP) is 9.61. The van der Waals surface area contributed by atoms with Gasteiger partial charge >= 0.3 is 0 Å². The molecule has 0 aliphatic heterocycles. The van der Waals surface area contributed by atoms with Crippen LogP contribution in [0.25, 0.3) is 21.7 Å². The average molecular weight is 587 g/mol. The van der Waals surface area contributed by atoms with Gasteiger partial charge in [-0.05, 0) is 53.6 Å². The van der Waals surface area contributed by atoms with Crippen LogP contribution in [0.15, 0.2) is 65.1 Å². The van der Waals surface area contributed by atoms with Gasteiger partial charge in [-0.15, -0.1) is 0 Å². The molecule has 1 aromatic heterocycles. The molecule has 1 aliphatic rings. The smallest absolute Gasteiger partial charge is 0.180 e. The summed E-state index contributed by atoms with van der Waals surface area (Å²) in [7, 11) is 0. The zero-order chi connectivity index (χ0) is 27.2. The number of Topliss-reactive ketones (excluding diaryl/α,β-unsaturated/α-hetero) is 2. The van der Waals surface area contributed by atoms with E-state index >= 15 is 0 Å². The third-order valence-electron chi connectivity index (χ3n) is 7.78. The van der Waals surface area contributed by atoms with Crippen LogP contribution in [0.5, 0.6) is 5.75 Å². The van der Waals surface area contributed by atoms with Gasteiger partial charge in [-0.25, -0.2) is 4.98 Å². The van der Waals surface area contributed by atoms with Crippen molar-refractivity contribution in [1.29, 1.82) is 0 Å². The maximum atomic E-state index is 13.4. The highest BCUT2D eigenvalue weighted by atomic mass is 79.9. The summed E-state index contributed by atoms with van der Waals surface area (Å²) in [5.41, 5.74) is 2.12. The van der Waals surface area contributed by atoms with Gasteiger partial charge in [-0.1, -0.05) is 105 Å². The van der Waals surface area contributed by atoms with Crippen LogP contribution in [0, 0.1) is 0 Å². The third kappa shape index (κ3) is 6.09. The molecule has 1 heterocycles. The number of ketones is 2. The lowest BCUT2D eigenvalue weighted by Gasteiger charge is -2.13. The van der Waals surface area contributed by atoms with Crippen molar-refractivity contribution >= 4 is 49.2 Å². The van der Waals surface area contributed by atoms with Crippen LogP contribution in [-0.4, -0.2) is 23.2 Å². The molecule has 0 fully saturated rings. The molecule has 0 amide bonds. The first-order valence-corrected chi connectivity index (χ1v) is 15.2. The topological polar surface area (TPSA) is 56.3 Å². The molecule has 3 aromatic carbocycles. The van der Waals surface area contributed by atoms with E-state index in [1.54, 1.807) is 6.07 Å². The number of hydrogen-bond acceptors (Lipinski definition) is 4. The summed E-state index contributed by atoms with van der Waals surface area (Å²) in [5, 5.41) is 2.81. The van der Waals surface area contributed by atoms with Gasteiger partial charge in [0.05, 0.1) is 12.3 Å². The minimum absolute atomic E-state index is 0.185. The van der Waals surface area contributed by atoms with Gasteiger partial charge in [0.1, 0.15) is 17.2 Å². The molecular formula is C34H36BrNO3. The van der Waals surface area contributed by atoms with Crippen molar-refractivity contribution < 1.29 is 14.3 Å². The number of halogens is 1. The fourth-order valence-electron chi connectivity index (χ4n) is 5.57. The first kappa shape index (κ1) is 27.5. The van der Waals surface area contributed by atoms with Crippen molar-refractivity contribution in [3.63, 3.8) is 0 Å². The number of ether oxygens (including phenoxy) is 1. The largest absolute Gasteiger partial charge is 0.491 e. The van der Waals surface area contributed by atoms with E-state index in [1.807, 2.05) is 54.6 Å². The number of pyridine rings is 1. The minimum Gasteiger partial charge on any atom is -0.491 e. The van der Waals surface area contributed by atoms with Crippen LogP contribution in [0.3, 0.4) is 0 Å². The third-order valence-corrected chi connectivity index (χ3v) is 8.47. The first-order chi connectivity index (χ1) is 19.1. The van der Waals surface area contributed by atoms with Crippen LogP contribution in [0.4, 0.5) is 0 Å². The molecule has 0 spiro atoms. The summed E-state index contributed by atoms with van der Waals surface area (Å²) in [6, 6.07) is 19.1. The number of fused-ring (bicyclic) bond motifs is 3. The molecule has 0 N–H and O–H groups in total. The van der Waals surface area contributed by atoms with Gasteiger partial charge in [0.25, 0.3) is 0 Å². The Hall–Kier alpha value is -3.05. The molecular weight excluding hydrogens is 550 g/mol. The van der Waals surface area contributed by atoms with Crippen molar-refractivity contribution in [2.45, 2.75) is 77.0 Å². The maximum Gasteiger partial charge on any atom is 0.180 e. The highest BCUT2D eigenvalue weighted by molar-refractivity contribution is 9.10. The molecule has 0 radical (unpaired) electrons. The van der Waals surface area contributed by atoms with Gasteiger partial charge in [-0.2, -0.15) is 0 Å². The summed E-state index contributed by atoms with van der Waals surface area (Å²) in [6.45, 7) is 2.88. The summed E-state index contributed by atoms with van der Waals surface area (Å²) < 4.78 is 7.08. The number of nitrogens with zero attached hydrogens (tertiary/aromatic N) is 1. The fourth-order valence-corrected chi connectivity index (χ4v) is 6.02. The van der Waals surface area contributed by atoms with E-state index < -0.39 is 5.92 Å². The summed E-state index contributed by atoms with van der Waals surface area (Å²) in [5.74, 6) is -0.604. The van der Waals surface area contributed by atoms with Crippen molar-refractivity contribution in [3.05, 3.63) is 82.0 Å². The molecule has 0 saturated heterocycles. The van der Waals surface area contributed by atoms with Gasteiger partial charge < -0.3 is 4.74 Å². The number of benzene rings is 3. The van der Waals surface area contributed by atoms with Crippen LogP contribution < -0.4 is 4.74 Å². The number of rotatable bonds is 13. The second-order valence-corrected chi connectivity index (χ2v) is 11.5. The monoisotopic (exact) mass is 585 g/mol. The number of hydrogen-bond donors (Lipinski definition) is 0. The van der Waals surface area contributed by atoms with E-state index in [4.69, 9.17) is 9.72 Å². The average Bonchev–Trinajstić information content (AvgIpc) is 3.20. The Morgan fingerprint density at radius 3 is 1.95 bits per heavy atom. The SMILES string of the molecule is CCCCCCCCCCCCOc1ccc(Br)c2ccc(C3C(=O)c4cc5ccccc5cc4C3=O)nc12. The molecule has 5 rings (SSSR count). The van der Waals surface area contributed by atoms with E-state index in [9.17, 15) is 9.59 Å². The molecule has 202 valence electrons. The normalized spacial score (nSPS) is 13.5. The van der Waals surface area contributed by atoms with Crippen molar-refractivity contribution in [2.75, 3.05) is 6.61 Å². The van der Waals surface area contributed by atoms with Crippen LogP contribution in [0.2, 0.25) is 0 Å². The van der Waals surface area contributed by atoms with E-state index in [1.165, 1.54) is 51.4 Å². The van der Waals surface area contributed by atoms with Gasteiger partial charge in [0.2, 0.25) is 0 Å². The zero-order valence-electron chi connectivity index (χ0n) is 22.7. The highest BCUT2D eigenvalue weighted by Crippen LogP contribution is 2.38. The first-order valence-electron chi connectivity index (χ1n) is 14.4. The molecule has 0 unspecified atom stereocenters. The predicted molar refractivity (Wildman–Crippen MR) is 162 cm³/mol. The van der Waals surface area contributed by atoms with Crippen molar-refractivity contribution in [2.24, 2.45) is 0 Å². The number of unbranched alkanes of at least 4 members (excludes halogenated alkanes) is 9. The molecule has 0 bridgehead atoms. The highest BCUT2D eigenvalue weighted by Gasteiger charge is 2.41. The van der Waals surface area contributed by atoms with E-state index in [2.05, 4.69) is 22.9 Å². The minimum atomic E-state index is -0.921. The molecule has 0 atom stereocenters. The Balaban J connectivity index is 1.26. The Bertz CT molecular complexity index is 1440. The molecule has 4 nitrogen and oxygen atoms in total. The Morgan fingerprint density at radius 1 is 0.744 bits per heavy atom. The molecule has 39 heavy (non-hydrogen) atoms. The van der Waals surface area contributed by atoms with Gasteiger partial charge in [-0.3, -0.25) is 9.59 Å². The van der Waals surface area contributed by atoms with Crippen LogP contribution in [-0.2, 0) is 0 Å². The fraction of sp³-hybridized carbons (Fsp3) is 0.382. The summed E-state index contributed by atoms with van der Waals surface area (Å²) in [4.78, 5) is 31.7. The number of carbonyl (C=O) groups excluding carboxylic acids is 2. The number of aromatic nitrogens is 1. The van der Waals surface area contributed by atoms with Crippen LogP contribution >= 0.6 is 15.9 Å². The van der Waals surface area contributed by atoms with Crippen molar-refractivity contribution in [3.8, 4) is 5.75 Å². The summed E-state index contributed by atoms with van der Waals surface area (Å²) >= 11 is 3.62. The second kappa shape index (κ2) is 12.9. The van der Waals surface area contributed by atoms with E-state index in [-0.39, 0.29) is 11.6 Å². The van der Waals surface area contributed by atoms with Crippen LogP contribution in [0.1, 0.15) is 103 Å². The Morgan fingerprint density at radius 2 is 1.33 bits per heavy atom. The lowest BCUT2D eigenvalue weighted by Crippen LogP contribution is -2.14. The second-order valence-electron chi connectivity index (χ2n) is 10.6. The van der Waals surface area contributed by atoms with E-state index in [0.717, 1.165) is 33.5 Å². The molecule has 5 heteroatoms. The number of carbonyl (C=O) groups is 2. The van der Waals surface area contributed by atoms with Gasteiger partial charge in [0, 0.05) is 21.0 Å². The molecule has 0 saturated carbocycles. The van der Waals surface area contributed by atoms with E-state index in [0.29, 0.717) is 34.7 Å². The quantitative estimate of drug-likeness (QED) is 0.116. The standard InChI is InChI=1S/C34H36BrNO3/c1-2-3-4-5-6-7-8-9-10-13-20-39-30-19-17-28(35)25-16-18-29(36-32(25)30)31-33(37)26-21-23-14-11-12-15-24(23)22-27(26)34(31)38/h11-12,14-19,21-22,31H,2-10,13,20H2,1H3. The summed E-state index contributed by atoms with van der Waals surface area (Å²) in [6.07, 6.45) is 12.7. The maximum absolute atomic E-state index is 13.4. The lowest BCUT2D eigenvalue weighted by molar-refractivity contribution is 0.0888. The Kier molecular flexibility index (Phi) is 9.08. The zero-order valence-corrected chi connectivity index (χ0v) is 24.3. The molecule has 1 aliphatic carbocycles.